The summed E-state index contributed by atoms with van der Waals surface area (Å²) in [7, 11) is 1.76. The van der Waals surface area contributed by atoms with Gasteiger partial charge in [0.2, 0.25) is 0 Å². The van der Waals surface area contributed by atoms with E-state index < -0.39 is 0 Å². The minimum absolute atomic E-state index is 0.0378. The minimum Gasteiger partial charge on any atom is -0.373 e. The number of nitrogens with one attached hydrogen (secondary N) is 1. The first-order valence-corrected chi connectivity index (χ1v) is 6.19. The predicted molar refractivity (Wildman–Crippen MR) is 68.5 cm³/mol. The number of hydrogen-bond acceptors (Lipinski definition) is 3. The van der Waals surface area contributed by atoms with Crippen LogP contribution in [0.2, 0.25) is 5.15 Å². The molecule has 0 atom stereocenters. The highest BCUT2D eigenvalue weighted by molar-refractivity contribution is 6.29. The molecule has 0 aliphatic heterocycles. The van der Waals surface area contributed by atoms with Gasteiger partial charge in [-0.3, -0.25) is 4.79 Å². The summed E-state index contributed by atoms with van der Waals surface area (Å²) in [6.07, 6.45) is 2.22. The van der Waals surface area contributed by atoms with Crippen LogP contribution < -0.4 is 5.32 Å². The van der Waals surface area contributed by atoms with Crippen LogP contribution in [0.25, 0.3) is 0 Å². The molecule has 0 spiro atoms. The van der Waals surface area contributed by atoms with Crippen molar-refractivity contribution in [3.63, 3.8) is 0 Å². The summed E-state index contributed by atoms with van der Waals surface area (Å²) in [5, 5.41) is 3.24. The van der Waals surface area contributed by atoms with E-state index in [2.05, 4.69) is 10.3 Å². The maximum absolute atomic E-state index is 12.3. The lowest BCUT2D eigenvalue weighted by Gasteiger charge is -2.20. The zero-order valence-corrected chi connectivity index (χ0v) is 10.8. The van der Waals surface area contributed by atoms with Crippen LogP contribution in [0, 0.1) is 0 Å². The molecule has 0 saturated heterocycles. The zero-order valence-electron chi connectivity index (χ0n) is 10.0. The van der Waals surface area contributed by atoms with Crippen molar-refractivity contribution in [3.8, 4) is 0 Å². The molecule has 92 valence electrons. The van der Waals surface area contributed by atoms with Gasteiger partial charge in [-0.15, -0.1) is 0 Å². The molecule has 0 unspecified atom stereocenters. The maximum atomic E-state index is 12.3. The van der Waals surface area contributed by atoms with E-state index >= 15 is 0 Å². The molecular formula is C12H16ClN3O. The number of amides is 1. The highest BCUT2D eigenvalue weighted by Crippen LogP contribution is 2.28. The Bertz CT molecular complexity index is 432. The van der Waals surface area contributed by atoms with Crippen LogP contribution in [0.15, 0.2) is 12.1 Å². The van der Waals surface area contributed by atoms with E-state index in [4.69, 9.17) is 11.6 Å². The second-order valence-corrected chi connectivity index (χ2v) is 4.52. The molecule has 1 N–H and O–H groups in total. The Hall–Kier alpha value is -1.29. The van der Waals surface area contributed by atoms with Crippen molar-refractivity contribution in [2.75, 3.05) is 18.9 Å². The number of rotatable bonds is 4. The lowest BCUT2D eigenvalue weighted by Crippen LogP contribution is -2.32. The van der Waals surface area contributed by atoms with Gasteiger partial charge in [-0.05, 0) is 31.9 Å². The van der Waals surface area contributed by atoms with Crippen LogP contribution in [-0.2, 0) is 0 Å². The Morgan fingerprint density at radius 1 is 1.59 bits per heavy atom. The fourth-order valence-electron chi connectivity index (χ4n) is 1.87. The van der Waals surface area contributed by atoms with E-state index in [0.717, 1.165) is 19.4 Å². The van der Waals surface area contributed by atoms with Gasteiger partial charge >= 0.3 is 0 Å². The van der Waals surface area contributed by atoms with E-state index in [1.165, 1.54) is 0 Å². The summed E-state index contributed by atoms with van der Waals surface area (Å²) in [5.74, 6) is 0.656. The molecule has 1 aromatic heterocycles. The molecule has 4 nitrogen and oxygen atoms in total. The Morgan fingerprint density at radius 3 is 2.82 bits per heavy atom. The molecule has 1 heterocycles. The van der Waals surface area contributed by atoms with Crippen LogP contribution in [-0.4, -0.2) is 35.4 Å². The summed E-state index contributed by atoms with van der Waals surface area (Å²) in [6, 6.07) is 3.77. The number of halogens is 1. The van der Waals surface area contributed by atoms with Crippen molar-refractivity contribution >= 4 is 23.3 Å². The quantitative estimate of drug-likeness (QED) is 0.838. The predicted octanol–water partition coefficient (Wildman–Crippen LogP) is 2.40. The number of aromatic nitrogens is 1. The first-order valence-electron chi connectivity index (χ1n) is 5.82. The summed E-state index contributed by atoms with van der Waals surface area (Å²) in [6.45, 7) is 2.73. The molecule has 5 heteroatoms. The number of carbonyl (C=O) groups excluding carboxylic acids is 1. The zero-order chi connectivity index (χ0) is 12.4. The lowest BCUT2D eigenvalue weighted by molar-refractivity contribution is 0.0752. The summed E-state index contributed by atoms with van der Waals surface area (Å²) >= 11 is 5.89. The molecule has 1 aliphatic carbocycles. The first-order chi connectivity index (χ1) is 8.15. The van der Waals surface area contributed by atoms with E-state index in [9.17, 15) is 4.79 Å². The van der Waals surface area contributed by atoms with Gasteiger partial charge in [0.25, 0.3) is 5.91 Å². The third-order valence-electron chi connectivity index (χ3n) is 2.89. The topological polar surface area (TPSA) is 45.2 Å². The molecule has 1 aliphatic rings. The van der Waals surface area contributed by atoms with E-state index in [1.54, 1.807) is 19.2 Å². The van der Waals surface area contributed by atoms with Crippen molar-refractivity contribution in [1.82, 2.24) is 9.88 Å². The molecule has 0 aromatic carbocycles. The molecule has 1 aromatic rings. The Morgan fingerprint density at radius 2 is 2.29 bits per heavy atom. The standard InChI is InChI=1S/C12H16ClN3O/c1-3-16(9-4-5-9)12(17)8-6-10(13)15-11(7-8)14-2/h6-7,9H,3-5H2,1-2H3,(H,14,15). The summed E-state index contributed by atoms with van der Waals surface area (Å²) in [5.41, 5.74) is 0.600. The van der Waals surface area contributed by atoms with Crippen LogP contribution in [0.1, 0.15) is 30.1 Å². The smallest absolute Gasteiger partial charge is 0.254 e. The van der Waals surface area contributed by atoms with Gasteiger partial charge in [-0.25, -0.2) is 4.98 Å². The maximum Gasteiger partial charge on any atom is 0.254 e. The van der Waals surface area contributed by atoms with E-state index in [1.807, 2.05) is 11.8 Å². The number of anilines is 1. The fourth-order valence-corrected chi connectivity index (χ4v) is 2.08. The van der Waals surface area contributed by atoms with Crippen molar-refractivity contribution in [1.29, 1.82) is 0 Å². The average molecular weight is 254 g/mol. The summed E-state index contributed by atoms with van der Waals surface area (Å²) < 4.78 is 0. The third-order valence-corrected chi connectivity index (χ3v) is 3.08. The molecule has 1 fully saturated rings. The van der Waals surface area contributed by atoms with Gasteiger partial charge in [0.1, 0.15) is 11.0 Å². The van der Waals surface area contributed by atoms with E-state index in [0.29, 0.717) is 22.6 Å². The lowest BCUT2D eigenvalue weighted by atomic mass is 10.2. The molecule has 1 saturated carbocycles. The minimum atomic E-state index is 0.0378. The van der Waals surface area contributed by atoms with Crippen LogP contribution >= 0.6 is 11.6 Å². The molecule has 0 radical (unpaired) electrons. The Kier molecular flexibility index (Phi) is 3.52. The van der Waals surface area contributed by atoms with E-state index in [-0.39, 0.29) is 5.91 Å². The molecule has 17 heavy (non-hydrogen) atoms. The normalized spacial score (nSPS) is 14.5. The van der Waals surface area contributed by atoms with Gasteiger partial charge in [0.15, 0.2) is 0 Å². The number of hydrogen-bond donors (Lipinski definition) is 1. The first kappa shape index (κ1) is 12.2. The molecule has 0 bridgehead atoms. The SMILES string of the molecule is CCN(C(=O)c1cc(Cl)nc(NC)c1)C1CC1. The Balaban J connectivity index is 2.25. The van der Waals surface area contributed by atoms with Crippen molar-refractivity contribution in [3.05, 3.63) is 22.8 Å². The monoisotopic (exact) mass is 253 g/mol. The third kappa shape index (κ3) is 2.69. The van der Waals surface area contributed by atoms with Crippen molar-refractivity contribution in [2.45, 2.75) is 25.8 Å². The van der Waals surface area contributed by atoms with Gasteiger partial charge in [0, 0.05) is 25.2 Å². The van der Waals surface area contributed by atoms with Gasteiger partial charge in [-0.1, -0.05) is 11.6 Å². The average Bonchev–Trinajstić information content (AvgIpc) is 3.13. The Labute approximate surface area is 106 Å². The van der Waals surface area contributed by atoms with Crippen molar-refractivity contribution in [2.24, 2.45) is 0 Å². The largest absolute Gasteiger partial charge is 0.373 e. The highest BCUT2D eigenvalue weighted by Gasteiger charge is 2.32. The van der Waals surface area contributed by atoms with Gasteiger partial charge in [0.05, 0.1) is 0 Å². The number of carbonyl (C=O) groups is 1. The molecular weight excluding hydrogens is 238 g/mol. The second kappa shape index (κ2) is 4.92. The fraction of sp³-hybridized carbons (Fsp3) is 0.500. The van der Waals surface area contributed by atoms with Crippen LogP contribution in [0.4, 0.5) is 5.82 Å². The molecule has 2 rings (SSSR count). The van der Waals surface area contributed by atoms with Gasteiger partial charge in [-0.2, -0.15) is 0 Å². The summed E-state index contributed by atoms with van der Waals surface area (Å²) in [4.78, 5) is 18.2. The number of nitrogens with zero attached hydrogens (tertiary/aromatic N) is 2. The van der Waals surface area contributed by atoms with Crippen LogP contribution in [0.3, 0.4) is 0 Å². The molecule has 1 amide bonds. The highest BCUT2D eigenvalue weighted by atomic mass is 35.5. The second-order valence-electron chi connectivity index (χ2n) is 4.14. The van der Waals surface area contributed by atoms with Crippen molar-refractivity contribution < 1.29 is 4.79 Å². The van der Waals surface area contributed by atoms with Gasteiger partial charge < -0.3 is 10.2 Å². The van der Waals surface area contributed by atoms with Crippen LogP contribution in [0.5, 0.6) is 0 Å². The number of pyridine rings is 1.